The lowest BCUT2D eigenvalue weighted by Gasteiger charge is -2.12. The number of thioether (sulfide) groups is 2. The fourth-order valence-corrected chi connectivity index (χ4v) is 5.31. The summed E-state index contributed by atoms with van der Waals surface area (Å²) in [7, 11) is 0. The Morgan fingerprint density at radius 2 is 1.86 bits per heavy atom. The molecular weight excluding hydrogens is 564 g/mol. The first kappa shape index (κ1) is 27.7. The van der Waals surface area contributed by atoms with E-state index in [2.05, 4.69) is 22.1 Å². The van der Waals surface area contributed by atoms with E-state index < -0.39 is 17.6 Å². The average Bonchev–Trinajstić information content (AvgIpc) is 3.16. The van der Waals surface area contributed by atoms with E-state index in [0.717, 1.165) is 35.5 Å². The molecule has 0 atom stereocenters. The molecule has 186 valence electrons. The van der Waals surface area contributed by atoms with Gasteiger partial charge < -0.3 is 9.88 Å². The van der Waals surface area contributed by atoms with Gasteiger partial charge in [-0.15, -0.1) is 28.5 Å². The summed E-state index contributed by atoms with van der Waals surface area (Å²) in [4.78, 5) is 12.4. The lowest BCUT2D eigenvalue weighted by Crippen LogP contribution is -2.16. The zero-order valence-electron chi connectivity index (χ0n) is 17.9. The summed E-state index contributed by atoms with van der Waals surface area (Å²) in [5, 5.41) is 12.4. The molecule has 2 aromatic carbocycles. The zero-order valence-corrected chi connectivity index (χ0v) is 21.8. The molecule has 0 aliphatic heterocycles. The van der Waals surface area contributed by atoms with Crippen LogP contribution in [0.15, 0.2) is 54.2 Å². The summed E-state index contributed by atoms with van der Waals surface area (Å²) < 4.78 is 40.7. The molecule has 35 heavy (non-hydrogen) atoms. The predicted octanol–water partition coefficient (Wildman–Crippen LogP) is 7.61. The largest absolute Gasteiger partial charge is 0.416 e. The minimum absolute atomic E-state index is 0.00581. The van der Waals surface area contributed by atoms with Gasteiger partial charge in [-0.1, -0.05) is 58.7 Å². The van der Waals surface area contributed by atoms with Gasteiger partial charge in [-0.2, -0.15) is 13.2 Å². The Labute approximate surface area is 223 Å². The maximum absolute atomic E-state index is 12.9. The van der Waals surface area contributed by atoms with Crippen molar-refractivity contribution in [3.63, 3.8) is 0 Å². The fourth-order valence-electron chi connectivity index (χ4n) is 2.85. The van der Waals surface area contributed by atoms with Crippen LogP contribution in [-0.2, 0) is 29.0 Å². The van der Waals surface area contributed by atoms with Gasteiger partial charge in [0.1, 0.15) is 5.82 Å². The molecule has 1 aromatic heterocycles. The maximum Gasteiger partial charge on any atom is 0.416 e. The Morgan fingerprint density at radius 1 is 1.09 bits per heavy atom. The monoisotopic (exact) mass is 580 g/mol. The second kappa shape index (κ2) is 12.4. The number of alkyl halides is 3. The van der Waals surface area contributed by atoms with Crippen molar-refractivity contribution in [1.29, 1.82) is 0 Å². The molecule has 13 heteroatoms. The van der Waals surface area contributed by atoms with Gasteiger partial charge in [-0.05, 0) is 35.9 Å². The molecule has 1 amide bonds. The van der Waals surface area contributed by atoms with Gasteiger partial charge in [-0.25, -0.2) is 0 Å². The average molecular weight is 582 g/mol. The Balaban J connectivity index is 1.61. The number of hydrogen-bond acceptors (Lipinski definition) is 5. The Bertz CT molecular complexity index is 1220. The van der Waals surface area contributed by atoms with Crippen molar-refractivity contribution in [3.8, 4) is 0 Å². The van der Waals surface area contributed by atoms with Gasteiger partial charge in [0.25, 0.3) is 0 Å². The number of halogens is 6. The lowest BCUT2D eigenvalue weighted by atomic mass is 10.2. The van der Waals surface area contributed by atoms with E-state index in [9.17, 15) is 18.0 Å². The third-order valence-corrected chi connectivity index (χ3v) is 7.37. The van der Waals surface area contributed by atoms with Gasteiger partial charge in [-0.3, -0.25) is 4.79 Å². The van der Waals surface area contributed by atoms with Crippen LogP contribution in [0.4, 0.5) is 18.9 Å². The van der Waals surface area contributed by atoms with Gasteiger partial charge in [0.15, 0.2) is 5.16 Å². The molecule has 0 aliphatic rings. The Hall–Kier alpha value is -1.85. The Kier molecular flexibility index (Phi) is 9.83. The van der Waals surface area contributed by atoms with Crippen LogP contribution >= 0.6 is 58.3 Å². The van der Waals surface area contributed by atoms with Gasteiger partial charge in [0, 0.05) is 22.3 Å². The topological polar surface area (TPSA) is 59.8 Å². The van der Waals surface area contributed by atoms with Gasteiger partial charge in [0.2, 0.25) is 5.91 Å². The quantitative estimate of drug-likeness (QED) is 0.197. The van der Waals surface area contributed by atoms with Gasteiger partial charge in [0.05, 0.1) is 27.8 Å². The summed E-state index contributed by atoms with van der Waals surface area (Å²) in [6.07, 6.45) is -2.87. The van der Waals surface area contributed by atoms with E-state index in [-0.39, 0.29) is 16.5 Å². The van der Waals surface area contributed by atoms with Crippen LogP contribution in [0, 0.1) is 0 Å². The SMILES string of the molecule is C=CCn1c(CSCc2ccc(Cl)cc2Cl)nnc1SCC(=O)Nc1cc(C(F)(F)F)ccc1Cl. The molecule has 3 aromatic rings. The predicted molar refractivity (Wildman–Crippen MR) is 137 cm³/mol. The highest BCUT2D eigenvalue weighted by Crippen LogP contribution is 2.34. The summed E-state index contributed by atoms with van der Waals surface area (Å²) in [5.41, 5.74) is -0.0782. The molecule has 0 aliphatic carbocycles. The first-order valence-corrected chi connectivity index (χ1v) is 13.2. The van der Waals surface area contributed by atoms with Crippen molar-refractivity contribution >= 4 is 69.9 Å². The van der Waals surface area contributed by atoms with Crippen molar-refractivity contribution in [2.24, 2.45) is 0 Å². The normalized spacial score (nSPS) is 11.5. The zero-order chi connectivity index (χ0) is 25.6. The van der Waals surface area contributed by atoms with Crippen molar-refractivity contribution in [1.82, 2.24) is 14.8 Å². The minimum Gasteiger partial charge on any atom is -0.324 e. The molecule has 0 spiro atoms. The summed E-state index contributed by atoms with van der Waals surface area (Å²) in [6, 6.07) is 8.07. The lowest BCUT2D eigenvalue weighted by molar-refractivity contribution is -0.137. The molecule has 3 rings (SSSR count). The highest BCUT2D eigenvalue weighted by molar-refractivity contribution is 7.99. The van der Waals surface area contributed by atoms with Crippen LogP contribution in [0.5, 0.6) is 0 Å². The summed E-state index contributed by atoms with van der Waals surface area (Å²) in [6.45, 7) is 4.17. The third kappa shape index (κ3) is 7.82. The Morgan fingerprint density at radius 3 is 2.54 bits per heavy atom. The van der Waals surface area contributed by atoms with Gasteiger partial charge >= 0.3 is 6.18 Å². The van der Waals surface area contributed by atoms with E-state index in [1.807, 2.05) is 10.6 Å². The second-order valence-corrected chi connectivity index (χ2v) is 10.2. The van der Waals surface area contributed by atoms with E-state index >= 15 is 0 Å². The number of benzene rings is 2. The number of nitrogens with zero attached hydrogens (tertiary/aromatic N) is 3. The molecule has 0 fully saturated rings. The second-order valence-electron chi connectivity index (χ2n) is 7.06. The number of allylic oxidation sites excluding steroid dienone is 1. The number of rotatable bonds is 10. The molecular formula is C22H18Cl3F3N4OS2. The smallest absolute Gasteiger partial charge is 0.324 e. The number of carbonyl (C=O) groups excluding carboxylic acids is 1. The minimum atomic E-state index is -4.55. The van der Waals surface area contributed by atoms with Crippen molar-refractivity contribution in [2.75, 3.05) is 11.1 Å². The van der Waals surface area contributed by atoms with E-state index in [0.29, 0.717) is 39.1 Å². The fraction of sp³-hybridized carbons (Fsp3) is 0.227. The van der Waals surface area contributed by atoms with Crippen LogP contribution in [0.1, 0.15) is 17.0 Å². The number of carbonyl (C=O) groups is 1. The number of nitrogens with one attached hydrogen (secondary N) is 1. The van der Waals surface area contributed by atoms with Crippen molar-refractivity contribution in [3.05, 3.63) is 81.1 Å². The molecule has 0 unspecified atom stereocenters. The molecule has 1 N–H and O–H groups in total. The highest BCUT2D eigenvalue weighted by atomic mass is 35.5. The molecule has 0 saturated carbocycles. The number of anilines is 1. The maximum atomic E-state index is 12.9. The number of amides is 1. The van der Waals surface area contributed by atoms with Crippen LogP contribution in [-0.4, -0.2) is 26.4 Å². The van der Waals surface area contributed by atoms with E-state index in [1.54, 1.807) is 30.0 Å². The summed E-state index contributed by atoms with van der Waals surface area (Å²) in [5.74, 6) is 1.22. The summed E-state index contributed by atoms with van der Waals surface area (Å²) >= 11 is 20.8. The molecule has 0 radical (unpaired) electrons. The third-order valence-electron chi connectivity index (χ3n) is 4.51. The number of aromatic nitrogens is 3. The first-order chi connectivity index (χ1) is 16.6. The van der Waals surface area contributed by atoms with Crippen LogP contribution in [0.3, 0.4) is 0 Å². The molecule has 0 bridgehead atoms. The van der Waals surface area contributed by atoms with E-state index in [1.165, 1.54) is 0 Å². The van der Waals surface area contributed by atoms with Crippen LogP contribution in [0.2, 0.25) is 15.1 Å². The molecule has 5 nitrogen and oxygen atoms in total. The van der Waals surface area contributed by atoms with Crippen LogP contribution in [0.25, 0.3) is 0 Å². The highest BCUT2D eigenvalue weighted by Gasteiger charge is 2.31. The van der Waals surface area contributed by atoms with Crippen molar-refractivity contribution < 1.29 is 18.0 Å². The molecule has 1 heterocycles. The molecule has 0 saturated heterocycles. The van der Waals surface area contributed by atoms with E-state index in [4.69, 9.17) is 34.8 Å². The van der Waals surface area contributed by atoms with Crippen LogP contribution < -0.4 is 5.32 Å². The number of hydrogen-bond donors (Lipinski definition) is 1. The first-order valence-electron chi connectivity index (χ1n) is 9.92. The van der Waals surface area contributed by atoms with Crippen molar-refractivity contribution in [2.45, 2.75) is 29.4 Å². The standard InChI is InChI=1S/C22H18Cl3F3N4OS2/c1-2-7-32-19(11-34-10-13-3-5-15(23)9-17(13)25)30-31-21(32)35-12-20(33)29-18-8-14(22(26,27)28)4-6-16(18)24/h2-6,8-9H,1,7,10-12H2,(H,29,33).